The van der Waals surface area contributed by atoms with Gasteiger partial charge in [0, 0.05) is 18.2 Å². The van der Waals surface area contributed by atoms with Crippen molar-refractivity contribution in [3.63, 3.8) is 0 Å². The van der Waals surface area contributed by atoms with Crippen LogP contribution in [0.4, 0.5) is 5.69 Å². The van der Waals surface area contributed by atoms with Gasteiger partial charge in [0.15, 0.2) is 0 Å². The summed E-state index contributed by atoms with van der Waals surface area (Å²) < 4.78 is 0. The molecule has 2 aromatic carbocycles. The van der Waals surface area contributed by atoms with Gasteiger partial charge >= 0.3 is 0 Å². The highest BCUT2D eigenvalue weighted by atomic mass is 35.5. The first-order valence-corrected chi connectivity index (χ1v) is 7.94. The summed E-state index contributed by atoms with van der Waals surface area (Å²) in [5.74, 6) is 0.0175. The van der Waals surface area contributed by atoms with Crippen molar-refractivity contribution in [2.45, 2.75) is 19.4 Å². The predicted molar refractivity (Wildman–Crippen MR) is 90.4 cm³/mol. The molecule has 5 heteroatoms. The number of benzene rings is 2. The zero-order valence-electron chi connectivity index (χ0n) is 12.5. The summed E-state index contributed by atoms with van der Waals surface area (Å²) in [6.07, 6.45) is 1.94. The van der Waals surface area contributed by atoms with Gasteiger partial charge in [-0.2, -0.15) is 0 Å². The highest BCUT2D eigenvalue weighted by molar-refractivity contribution is 6.33. The summed E-state index contributed by atoms with van der Waals surface area (Å²) in [6, 6.07) is 14.4. The third-order valence-corrected chi connectivity index (χ3v) is 4.04. The van der Waals surface area contributed by atoms with Crippen LogP contribution in [0.3, 0.4) is 0 Å². The Kier molecular flexibility index (Phi) is 4.63. The lowest BCUT2D eigenvalue weighted by Crippen LogP contribution is -2.23. The fraction of sp³-hybridized carbons (Fsp3) is 0.222. The van der Waals surface area contributed by atoms with Crippen molar-refractivity contribution in [2.24, 2.45) is 5.92 Å². The molecule has 2 N–H and O–H groups in total. The van der Waals surface area contributed by atoms with Crippen LogP contribution in [-0.4, -0.2) is 11.8 Å². The molecule has 0 radical (unpaired) electrons. The Morgan fingerprint density at radius 2 is 1.87 bits per heavy atom. The lowest BCUT2D eigenvalue weighted by Gasteiger charge is -2.09. The van der Waals surface area contributed by atoms with E-state index in [9.17, 15) is 9.59 Å². The van der Waals surface area contributed by atoms with Gasteiger partial charge in [-0.05, 0) is 42.7 Å². The molecular weight excluding hydrogens is 312 g/mol. The number of halogens is 1. The smallest absolute Gasteiger partial charge is 0.253 e. The van der Waals surface area contributed by atoms with Crippen molar-refractivity contribution in [2.75, 3.05) is 5.32 Å². The summed E-state index contributed by atoms with van der Waals surface area (Å²) in [5.41, 5.74) is 2.12. The predicted octanol–water partition coefficient (Wildman–Crippen LogP) is 3.62. The third-order valence-electron chi connectivity index (χ3n) is 3.71. The summed E-state index contributed by atoms with van der Waals surface area (Å²) in [5, 5.41) is 6.16. The molecule has 118 valence electrons. The standard InChI is InChI=1S/C18H17ClN2O2/c19-16-7-2-1-6-15(16)18(23)20-11-12-4-3-5-14(10-12)21-17(22)13-8-9-13/h1-7,10,13H,8-9,11H2,(H,20,23)(H,21,22). The Labute approximate surface area is 139 Å². The second kappa shape index (κ2) is 6.84. The van der Waals surface area contributed by atoms with E-state index in [0.29, 0.717) is 17.1 Å². The summed E-state index contributed by atoms with van der Waals surface area (Å²) in [4.78, 5) is 23.9. The van der Waals surface area contributed by atoms with Gasteiger partial charge in [0.05, 0.1) is 10.6 Å². The first kappa shape index (κ1) is 15.6. The average Bonchev–Trinajstić information content (AvgIpc) is 3.38. The highest BCUT2D eigenvalue weighted by Crippen LogP contribution is 2.30. The molecule has 1 fully saturated rings. The molecule has 0 aliphatic heterocycles. The Morgan fingerprint density at radius 1 is 1.09 bits per heavy atom. The topological polar surface area (TPSA) is 58.2 Å². The Hall–Kier alpha value is -2.33. The lowest BCUT2D eigenvalue weighted by molar-refractivity contribution is -0.117. The average molecular weight is 329 g/mol. The monoisotopic (exact) mass is 328 g/mol. The molecule has 0 saturated heterocycles. The second-order valence-electron chi connectivity index (χ2n) is 5.63. The van der Waals surface area contributed by atoms with E-state index in [1.54, 1.807) is 24.3 Å². The minimum atomic E-state index is -0.219. The maximum Gasteiger partial charge on any atom is 0.253 e. The van der Waals surface area contributed by atoms with Crippen LogP contribution in [0.1, 0.15) is 28.8 Å². The molecule has 2 amide bonds. The molecule has 0 unspecified atom stereocenters. The molecule has 3 rings (SSSR count). The van der Waals surface area contributed by atoms with Gasteiger partial charge in [-0.15, -0.1) is 0 Å². The van der Waals surface area contributed by atoms with Crippen molar-refractivity contribution < 1.29 is 9.59 Å². The third kappa shape index (κ3) is 4.11. The molecule has 0 bridgehead atoms. The van der Waals surface area contributed by atoms with Crippen molar-refractivity contribution in [3.8, 4) is 0 Å². The second-order valence-corrected chi connectivity index (χ2v) is 6.03. The van der Waals surface area contributed by atoms with Crippen LogP contribution < -0.4 is 10.6 Å². The fourth-order valence-electron chi connectivity index (χ4n) is 2.27. The van der Waals surface area contributed by atoms with E-state index in [2.05, 4.69) is 10.6 Å². The first-order valence-electron chi connectivity index (χ1n) is 7.56. The number of carbonyl (C=O) groups is 2. The molecule has 0 spiro atoms. The number of carbonyl (C=O) groups excluding carboxylic acids is 2. The van der Waals surface area contributed by atoms with Crippen LogP contribution in [0.5, 0.6) is 0 Å². The lowest BCUT2D eigenvalue weighted by atomic mass is 10.1. The molecule has 2 aromatic rings. The maximum absolute atomic E-state index is 12.1. The van der Waals surface area contributed by atoms with Crippen LogP contribution in [0.15, 0.2) is 48.5 Å². The first-order chi connectivity index (χ1) is 11.1. The largest absolute Gasteiger partial charge is 0.348 e. The number of anilines is 1. The number of nitrogens with one attached hydrogen (secondary N) is 2. The van der Waals surface area contributed by atoms with Crippen molar-refractivity contribution in [1.29, 1.82) is 0 Å². The molecular formula is C18H17ClN2O2. The van der Waals surface area contributed by atoms with E-state index in [4.69, 9.17) is 11.6 Å². The van der Waals surface area contributed by atoms with Gasteiger partial charge in [-0.3, -0.25) is 9.59 Å². The van der Waals surface area contributed by atoms with Gasteiger partial charge in [0.2, 0.25) is 5.91 Å². The number of hydrogen-bond donors (Lipinski definition) is 2. The van der Waals surface area contributed by atoms with Crippen LogP contribution in [-0.2, 0) is 11.3 Å². The zero-order valence-corrected chi connectivity index (χ0v) is 13.3. The molecule has 0 aromatic heterocycles. The molecule has 0 atom stereocenters. The van der Waals surface area contributed by atoms with E-state index in [0.717, 1.165) is 24.1 Å². The quantitative estimate of drug-likeness (QED) is 0.880. The Morgan fingerprint density at radius 3 is 2.61 bits per heavy atom. The van der Waals surface area contributed by atoms with E-state index >= 15 is 0 Å². The summed E-state index contributed by atoms with van der Waals surface area (Å²) in [6.45, 7) is 0.372. The number of hydrogen-bond acceptors (Lipinski definition) is 2. The normalized spacial score (nSPS) is 13.4. The van der Waals surface area contributed by atoms with Crippen LogP contribution in [0.2, 0.25) is 5.02 Å². The highest BCUT2D eigenvalue weighted by Gasteiger charge is 2.29. The van der Waals surface area contributed by atoms with Crippen molar-refractivity contribution in [3.05, 3.63) is 64.7 Å². The van der Waals surface area contributed by atoms with Crippen molar-refractivity contribution >= 4 is 29.1 Å². The van der Waals surface area contributed by atoms with E-state index in [1.165, 1.54) is 0 Å². The van der Waals surface area contributed by atoms with Crippen LogP contribution >= 0.6 is 11.6 Å². The zero-order chi connectivity index (χ0) is 16.2. The summed E-state index contributed by atoms with van der Waals surface area (Å²) in [7, 11) is 0. The number of rotatable bonds is 5. The Balaban J connectivity index is 1.60. The minimum absolute atomic E-state index is 0.0715. The van der Waals surface area contributed by atoms with Crippen molar-refractivity contribution in [1.82, 2.24) is 5.32 Å². The summed E-state index contributed by atoms with van der Waals surface area (Å²) >= 11 is 6.01. The van der Waals surface area contributed by atoms with Crippen LogP contribution in [0, 0.1) is 5.92 Å². The maximum atomic E-state index is 12.1. The van der Waals surface area contributed by atoms with E-state index in [1.807, 2.05) is 24.3 Å². The van der Waals surface area contributed by atoms with Gasteiger partial charge in [-0.25, -0.2) is 0 Å². The minimum Gasteiger partial charge on any atom is -0.348 e. The fourth-order valence-corrected chi connectivity index (χ4v) is 2.49. The van der Waals surface area contributed by atoms with Gasteiger partial charge in [0.25, 0.3) is 5.91 Å². The molecule has 1 aliphatic rings. The van der Waals surface area contributed by atoms with E-state index in [-0.39, 0.29) is 17.7 Å². The van der Waals surface area contributed by atoms with Crippen LogP contribution in [0.25, 0.3) is 0 Å². The molecule has 23 heavy (non-hydrogen) atoms. The number of amides is 2. The van der Waals surface area contributed by atoms with E-state index < -0.39 is 0 Å². The van der Waals surface area contributed by atoms with Gasteiger partial charge < -0.3 is 10.6 Å². The molecule has 1 aliphatic carbocycles. The molecule has 1 saturated carbocycles. The van der Waals surface area contributed by atoms with Gasteiger partial charge in [0.1, 0.15) is 0 Å². The van der Waals surface area contributed by atoms with Gasteiger partial charge in [-0.1, -0.05) is 35.9 Å². The molecule has 0 heterocycles. The Bertz CT molecular complexity index is 741. The molecule has 4 nitrogen and oxygen atoms in total. The SMILES string of the molecule is O=C(NCc1cccc(NC(=O)C2CC2)c1)c1ccccc1Cl.